The molecule has 0 amide bonds. The van der Waals surface area contributed by atoms with Crippen LogP contribution in [0.5, 0.6) is 5.75 Å². The van der Waals surface area contributed by atoms with Crippen LogP contribution in [0.25, 0.3) is 33.5 Å². The maximum absolute atomic E-state index is 14.8. The first-order chi connectivity index (χ1) is 20.9. The van der Waals surface area contributed by atoms with Crippen molar-refractivity contribution >= 4 is 22.4 Å². The van der Waals surface area contributed by atoms with E-state index in [0.717, 1.165) is 59.3 Å². The molecule has 8 nitrogen and oxygen atoms in total. The molecule has 6 rings (SSSR count). The molecule has 0 saturated carbocycles. The van der Waals surface area contributed by atoms with Gasteiger partial charge in [0.15, 0.2) is 11.6 Å². The molecule has 3 aromatic carbocycles. The third kappa shape index (κ3) is 5.48. The quantitative estimate of drug-likeness (QED) is 0.215. The number of fused-ring (bicyclic) bond motifs is 1. The summed E-state index contributed by atoms with van der Waals surface area (Å²) in [5.74, 6) is -0.264. The fraction of sp³-hybridized carbons (Fsp3) is 0.294. The number of anilines is 1. The molecular weight excluding hydrogens is 543 g/mol. The summed E-state index contributed by atoms with van der Waals surface area (Å²) >= 11 is 0. The van der Waals surface area contributed by atoms with E-state index in [1.165, 1.54) is 19.4 Å². The molecule has 1 fully saturated rings. The normalized spacial score (nSPS) is 14.0. The lowest BCUT2D eigenvalue weighted by atomic mass is 9.95. The number of aryl methyl sites for hydroxylation is 1. The van der Waals surface area contributed by atoms with Crippen LogP contribution in [-0.4, -0.2) is 70.8 Å². The Bertz CT molecular complexity index is 1780. The predicted octanol–water partition coefficient (Wildman–Crippen LogP) is 5.80. The van der Waals surface area contributed by atoms with Gasteiger partial charge in [0, 0.05) is 44.4 Å². The molecule has 0 aliphatic carbocycles. The standard InChI is InChI=1S/C34H35FN6O2/c1-39(2)24-16-19-41(20-17-24)33-23(13-14-27-31(33)32(38-40(27)3)22-9-6-5-7-10-22)21-28(42)26-15-18-36-34(37-26)30-25(35)11-8-12-29(30)43-4/h5-15,18,24H,16-17,19-21H2,1-4H3. The molecule has 5 aromatic rings. The average molecular weight is 579 g/mol. The van der Waals surface area contributed by atoms with Crippen LogP contribution in [0, 0.1) is 5.82 Å². The van der Waals surface area contributed by atoms with E-state index >= 15 is 0 Å². The van der Waals surface area contributed by atoms with Gasteiger partial charge in [-0.3, -0.25) is 9.48 Å². The maximum Gasteiger partial charge on any atom is 0.185 e. The molecule has 0 N–H and O–H groups in total. The molecule has 9 heteroatoms. The van der Waals surface area contributed by atoms with Crippen molar-refractivity contribution in [2.24, 2.45) is 7.05 Å². The van der Waals surface area contributed by atoms with Gasteiger partial charge in [0.25, 0.3) is 0 Å². The molecule has 0 atom stereocenters. The molecule has 1 aliphatic heterocycles. The zero-order chi connectivity index (χ0) is 30.1. The summed E-state index contributed by atoms with van der Waals surface area (Å²) in [6.07, 6.45) is 3.67. The van der Waals surface area contributed by atoms with Crippen LogP contribution in [0.15, 0.2) is 72.9 Å². The zero-order valence-electron chi connectivity index (χ0n) is 24.9. The fourth-order valence-corrected chi connectivity index (χ4v) is 6.08. The third-order valence-corrected chi connectivity index (χ3v) is 8.34. The second kappa shape index (κ2) is 11.9. The molecule has 1 aliphatic rings. The van der Waals surface area contributed by atoms with Crippen molar-refractivity contribution in [1.29, 1.82) is 0 Å². The average Bonchev–Trinajstić information content (AvgIpc) is 3.37. The summed E-state index contributed by atoms with van der Waals surface area (Å²) in [6.45, 7) is 1.74. The number of piperidine rings is 1. The highest BCUT2D eigenvalue weighted by Crippen LogP contribution is 2.40. The van der Waals surface area contributed by atoms with Gasteiger partial charge in [0.1, 0.15) is 23.0 Å². The largest absolute Gasteiger partial charge is 0.496 e. The lowest BCUT2D eigenvalue weighted by Crippen LogP contribution is -2.42. The number of rotatable bonds is 8. The Labute approximate surface area is 250 Å². The minimum Gasteiger partial charge on any atom is -0.496 e. The van der Waals surface area contributed by atoms with Crippen LogP contribution in [-0.2, 0) is 13.5 Å². The van der Waals surface area contributed by atoms with Crippen LogP contribution in [0.1, 0.15) is 28.9 Å². The number of carbonyl (C=O) groups is 1. The van der Waals surface area contributed by atoms with Gasteiger partial charge in [-0.1, -0.05) is 42.5 Å². The van der Waals surface area contributed by atoms with Crippen LogP contribution in [0.3, 0.4) is 0 Å². The van der Waals surface area contributed by atoms with E-state index in [-0.39, 0.29) is 29.3 Å². The fourth-order valence-electron chi connectivity index (χ4n) is 6.08. The summed E-state index contributed by atoms with van der Waals surface area (Å²) in [5.41, 5.74) is 5.24. The molecular formula is C34H35FN6O2. The maximum atomic E-state index is 14.8. The second-order valence-electron chi connectivity index (χ2n) is 11.2. The van der Waals surface area contributed by atoms with Crippen molar-refractivity contribution in [3.8, 4) is 28.4 Å². The number of ketones is 1. The third-order valence-electron chi connectivity index (χ3n) is 8.34. The van der Waals surface area contributed by atoms with Crippen molar-refractivity contribution in [2.45, 2.75) is 25.3 Å². The zero-order valence-corrected chi connectivity index (χ0v) is 24.9. The highest BCUT2D eigenvalue weighted by Gasteiger charge is 2.28. The summed E-state index contributed by atoms with van der Waals surface area (Å²) in [5, 5.41) is 5.98. The highest BCUT2D eigenvalue weighted by atomic mass is 19.1. The van der Waals surface area contributed by atoms with E-state index in [1.807, 2.05) is 42.1 Å². The van der Waals surface area contributed by atoms with E-state index in [2.05, 4.69) is 46.0 Å². The Morgan fingerprint density at radius 3 is 2.51 bits per heavy atom. The monoisotopic (exact) mass is 578 g/mol. The Balaban J connectivity index is 1.43. The van der Waals surface area contributed by atoms with Gasteiger partial charge in [0.2, 0.25) is 0 Å². The minimum absolute atomic E-state index is 0.112. The number of benzene rings is 3. The smallest absolute Gasteiger partial charge is 0.185 e. The number of ether oxygens (including phenoxy) is 1. The summed E-state index contributed by atoms with van der Waals surface area (Å²) < 4.78 is 22.1. The van der Waals surface area contributed by atoms with Crippen molar-refractivity contribution in [3.63, 3.8) is 0 Å². The molecule has 0 radical (unpaired) electrons. The Kier molecular flexibility index (Phi) is 7.90. The summed E-state index contributed by atoms with van der Waals surface area (Å²) in [4.78, 5) is 27.3. The lowest BCUT2D eigenvalue weighted by Gasteiger charge is -2.37. The Morgan fingerprint density at radius 2 is 1.79 bits per heavy atom. The number of aromatic nitrogens is 4. The van der Waals surface area contributed by atoms with Crippen LogP contribution in [0.4, 0.5) is 10.1 Å². The van der Waals surface area contributed by atoms with Gasteiger partial charge < -0.3 is 14.5 Å². The molecule has 0 unspecified atom stereocenters. The first-order valence-corrected chi connectivity index (χ1v) is 14.5. The van der Waals surface area contributed by atoms with E-state index < -0.39 is 5.82 Å². The number of methoxy groups -OCH3 is 1. The first kappa shape index (κ1) is 28.5. The molecule has 0 bridgehead atoms. The van der Waals surface area contributed by atoms with E-state index in [1.54, 1.807) is 18.2 Å². The summed E-state index contributed by atoms with van der Waals surface area (Å²) in [7, 11) is 7.69. The van der Waals surface area contributed by atoms with Crippen molar-refractivity contribution in [3.05, 3.63) is 90.0 Å². The molecule has 220 valence electrons. The van der Waals surface area contributed by atoms with Gasteiger partial charge in [-0.25, -0.2) is 14.4 Å². The lowest BCUT2D eigenvalue weighted by molar-refractivity contribution is 0.0988. The van der Waals surface area contributed by atoms with E-state index in [4.69, 9.17) is 9.84 Å². The van der Waals surface area contributed by atoms with Gasteiger partial charge in [-0.15, -0.1) is 0 Å². The Morgan fingerprint density at radius 1 is 1.02 bits per heavy atom. The van der Waals surface area contributed by atoms with Crippen molar-refractivity contribution in [2.75, 3.05) is 39.2 Å². The number of Topliss-reactive ketones (excluding diaryl/α,β-unsaturated/α-hetero) is 1. The van der Waals surface area contributed by atoms with Crippen LogP contribution < -0.4 is 9.64 Å². The first-order valence-electron chi connectivity index (χ1n) is 14.5. The molecule has 3 heterocycles. The van der Waals surface area contributed by atoms with Crippen molar-refractivity contribution in [1.82, 2.24) is 24.6 Å². The Hall–Kier alpha value is -4.63. The summed E-state index contributed by atoms with van der Waals surface area (Å²) in [6, 6.07) is 20.9. The number of nitrogens with zero attached hydrogens (tertiary/aromatic N) is 6. The van der Waals surface area contributed by atoms with Crippen LogP contribution in [0.2, 0.25) is 0 Å². The minimum atomic E-state index is -0.511. The van der Waals surface area contributed by atoms with Crippen LogP contribution >= 0.6 is 0 Å². The highest BCUT2D eigenvalue weighted by molar-refractivity contribution is 6.06. The number of hydrogen-bond donors (Lipinski definition) is 0. The van der Waals surface area contributed by atoms with Gasteiger partial charge >= 0.3 is 0 Å². The molecule has 0 spiro atoms. The number of carbonyl (C=O) groups excluding carboxylic acids is 1. The molecule has 43 heavy (non-hydrogen) atoms. The van der Waals surface area contributed by atoms with Gasteiger partial charge in [0.05, 0.1) is 29.3 Å². The van der Waals surface area contributed by atoms with Gasteiger partial charge in [-0.2, -0.15) is 5.10 Å². The van der Waals surface area contributed by atoms with Gasteiger partial charge in [-0.05, 0) is 56.8 Å². The predicted molar refractivity (Wildman–Crippen MR) is 167 cm³/mol. The van der Waals surface area contributed by atoms with E-state index in [0.29, 0.717) is 11.8 Å². The number of hydrogen-bond acceptors (Lipinski definition) is 7. The topological polar surface area (TPSA) is 76.4 Å². The molecule has 1 saturated heterocycles. The van der Waals surface area contributed by atoms with Crippen molar-refractivity contribution < 1.29 is 13.9 Å². The second-order valence-corrected chi connectivity index (χ2v) is 11.2. The molecule has 2 aromatic heterocycles. The SMILES string of the molecule is COc1cccc(F)c1-c1nccc(C(=O)Cc2ccc3c(c(-c4ccccc4)nn3C)c2N2CCC(N(C)C)CC2)n1. The van der Waals surface area contributed by atoms with E-state index in [9.17, 15) is 9.18 Å². The number of halogens is 1.